The third kappa shape index (κ3) is 2.63. The first-order valence-corrected chi connectivity index (χ1v) is 6.08. The molecule has 94 valence electrons. The second-order valence-electron chi connectivity index (χ2n) is 4.41. The first kappa shape index (κ1) is 11.5. The number of hydrogen-bond acceptors (Lipinski definition) is 3. The van der Waals surface area contributed by atoms with Gasteiger partial charge in [-0.05, 0) is 23.8 Å². The summed E-state index contributed by atoms with van der Waals surface area (Å²) in [4.78, 5) is 8.51. The van der Waals surface area contributed by atoms with Gasteiger partial charge < -0.3 is 10.3 Å². The van der Waals surface area contributed by atoms with E-state index in [-0.39, 0.29) is 0 Å². The predicted molar refractivity (Wildman–Crippen MR) is 75.4 cm³/mol. The largest absolute Gasteiger partial charge is 0.399 e. The molecule has 0 aliphatic heterocycles. The van der Waals surface area contributed by atoms with Gasteiger partial charge >= 0.3 is 0 Å². The molecular formula is C15H14N4. The molecule has 3 aromatic rings. The van der Waals surface area contributed by atoms with Crippen molar-refractivity contribution in [1.29, 1.82) is 0 Å². The van der Waals surface area contributed by atoms with E-state index in [1.165, 1.54) is 0 Å². The van der Waals surface area contributed by atoms with Crippen LogP contribution in [0.4, 0.5) is 5.69 Å². The van der Waals surface area contributed by atoms with Crippen molar-refractivity contribution in [3.63, 3.8) is 0 Å². The summed E-state index contributed by atoms with van der Waals surface area (Å²) in [5.41, 5.74) is 9.62. The maximum absolute atomic E-state index is 5.68. The summed E-state index contributed by atoms with van der Waals surface area (Å²) in [7, 11) is 0. The molecule has 2 heterocycles. The summed E-state index contributed by atoms with van der Waals surface area (Å²) < 4.78 is 2.01. The molecule has 0 aliphatic rings. The topological polar surface area (TPSA) is 56.7 Å². The molecule has 2 N–H and O–H groups in total. The zero-order valence-corrected chi connectivity index (χ0v) is 10.4. The van der Waals surface area contributed by atoms with Crippen LogP contribution in [0, 0.1) is 0 Å². The molecule has 0 bridgehead atoms. The minimum Gasteiger partial charge on any atom is -0.399 e. The minimum absolute atomic E-state index is 0.764. The van der Waals surface area contributed by atoms with Gasteiger partial charge in [0.2, 0.25) is 0 Å². The summed E-state index contributed by atoms with van der Waals surface area (Å²) in [5, 5.41) is 0. The molecule has 4 nitrogen and oxygen atoms in total. The van der Waals surface area contributed by atoms with Gasteiger partial charge in [0, 0.05) is 36.4 Å². The van der Waals surface area contributed by atoms with Crippen LogP contribution in [0.2, 0.25) is 0 Å². The van der Waals surface area contributed by atoms with Crippen molar-refractivity contribution in [2.45, 2.75) is 6.54 Å². The van der Waals surface area contributed by atoms with Gasteiger partial charge in [-0.2, -0.15) is 0 Å². The van der Waals surface area contributed by atoms with Crippen molar-refractivity contribution < 1.29 is 0 Å². The molecule has 0 unspecified atom stereocenters. The number of benzene rings is 1. The van der Waals surface area contributed by atoms with Crippen LogP contribution in [0.25, 0.3) is 11.3 Å². The van der Waals surface area contributed by atoms with E-state index < -0.39 is 0 Å². The minimum atomic E-state index is 0.764. The highest BCUT2D eigenvalue weighted by Gasteiger charge is 2.00. The Bertz CT molecular complexity index is 640. The molecule has 4 heteroatoms. The van der Waals surface area contributed by atoms with Gasteiger partial charge in [0.05, 0.1) is 12.0 Å². The lowest BCUT2D eigenvalue weighted by molar-refractivity contribution is 0.793. The fourth-order valence-corrected chi connectivity index (χ4v) is 1.93. The summed E-state index contributed by atoms with van der Waals surface area (Å²) >= 11 is 0. The molecule has 0 amide bonds. The quantitative estimate of drug-likeness (QED) is 0.727. The van der Waals surface area contributed by atoms with Crippen molar-refractivity contribution >= 4 is 5.69 Å². The van der Waals surface area contributed by atoms with Crippen molar-refractivity contribution in [1.82, 2.24) is 14.5 Å². The van der Waals surface area contributed by atoms with Crippen LogP contribution >= 0.6 is 0 Å². The standard InChI is InChI=1S/C15H14N4/c16-14-4-2-13(3-5-14)15-6-1-12(9-18-15)10-19-8-7-17-11-19/h1-9,11H,10,16H2. The van der Waals surface area contributed by atoms with E-state index in [4.69, 9.17) is 5.73 Å². The highest BCUT2D eigenvalue weighted by molar-refractivity contribution is 5.61. The van der Waals surface area contributed by atoms with Crippen LogP contribution in [-0.2, 0) is 6.54 Å². The number of imidazole rings is 1. The van der Waals surface area contributed by atoms with Gasteiger partial charge in [0.15, 0.2) is 0 Å². The van der Waals surface area contributed by atoms with Crippen LogP contribution in [0.3, 0.4) is 0 Å². The van der Waals surface area contributed by atoms with Crippen LogP contribution in [0.1, 0.15) is 5.56 Å². The molecule has 1 aromatic carbocycles. The second-order valence-corrected chi connectivity index (χ2v) is 4.41. The number of nitrogens with two attached hydrogens (primary N) is 1. The maximum Gasteiger partial charge on any atom is 0.0949 e. The summed E-state index contributed by atoms with van der Waals surface area (Å²) in [6, 6.07) is 11.8. The molecule has 0 radical (unpaired) electrons. The Kier molecular flexibility index (Phi) is 2.98. The fraction of sp³-hybridized carbons (Fsp3) is 0.0667. The zero-order valence-electron chi connectivity index (χ0n) is 10.4. The lowest BCUT2D eigenvalue weighted by Gasteiger charge is -2.05. The Hall–Kier alpha value is -2.62. The molecule has 19 heavy (non-hydrogen) atoms. The van der Waals surface area contributed by atoms with Crippen LogP contribution in [0.15, 0.2) is 61.3 Å². The Morgan fingerprint density at radius 3 is 2.53 bits per heavy atom. The van der Waals surface area contributed by atoms with E-state index in [1.54, 1.807) is 12.5 Å². The van der Waals surface area contributed by atoms with E-state index in [0.717, 1.165) is 29.1 Å². The smallest absolute Gasteiger partial charge is 0.0949 e. The molecule has 2 aromatic heterocycles. The summed E-state index contributed by atoms with van der Waals surface area (Å²) in [6.07, 6.45) is 7.41. The molecule has 0 atom stereocenters. The third-order valence-corrected chi connectivity index (χ3v) is 2.96. The monoisotopic (exact) mass is 250 g/mol. The molecule has 3 rings (SSSR count). The van der Waals surface area contributed by atoms with E-state index in [1.807, 2.05) is 47.3 Å². The van der Waals surface area contributed by atoms with E-state index in [2.05, 4.69) is 16.0 Å². The average molecular weight is 250 g/mol. The lowest BCUT2D eigenvalue weighted by atomic mass is 10.1. The Morgan fingerprint density at radius 1 is 1.05 bits per heavy atom. The van der Waals surface area contributed by atoms with Crippen molar-refractivity contribution in [2.75, 3.05) is 5.73 Å². The number of nitrogen functional groups attached to an aromatic ring is 1. The maximum atomic E-state index is 5.68. The van der Waals surface area contributed by atoms with Crippen LogP contribution < -0.4 is 5.73 Å². The molecule has 0 saturated heterocycles. The molecular weight excluding hydrogens is 236 g/mol. The fourth-order valence-electron chi connectivity index (χ4n) is 1.93. The highest BCUT2D eigenvalue weighted by atomic mass is 15.0. The normalized spacial score (nSPS) is 10.5. The number of anilines is 1. The third-order valence-electron chi connectivity index (χ3n) is 2.96. The number of nitrogens with zero attached hydrogens (tertiary/aromatic N) is 3. The molecule has 0 spiro atoms. The molecule has 0 aliphatic carbocycles. The first-order valence-electron chi connectivity index (χ1n) is 6.08. The molecule has 0 saturated carbocycles. The lowest BCUT2D eigenvalue weighted by Crippen LogP contribution is -1.97. The number of pyridine rings is 1. The Labute approximate surface area is 111 Å². The van der Waals surface area contributed by atoms with Crippen LogP contribution in [0.5, 0.6) is 0 Å². The van der Waals surface area contributed by atoms with Gasteiger partial charge in [-0.3, -0.25) is 4.98 Å². The Balaban J connectivity index is 1.80. The highest BCUT2D eigenvalue weighted by Crippen LogP contribution is 2.18. The van der Waals surface area contributed by atoms with E-state index >= 15 is 0 Å². The van der Waals surface area contributed by atoms with Gasteiger partial charge in [0.1, 0.15) is 0 Å². The number of rotatable bonds is 3. The van der Waals surface area contributed by atoms with Gasteiger partial charge in [-0.15, -0.1) is 0 Å². The Morgan fingerprint density at radius 2 is 1.89 bits per heavy atom. The summed E-state index contributed by atoms with van der Waals surface area (Å²) in [6.45, 7) is 0.787. The van der Waals surface area contributed by atoms with Crippen molar-refractivity contribution in [3.8, 4) is 11.3 Å². The predicted octanol–water partition coefficient (Wildman–Crippen LogP) is 2.58. The summed E-state index contributed by atoms with van der Waals surface area (Å²) in [5.74, 6) is 0. The second kappa shape index (κ2) is 4.94. The number of aromatic nitrogens is 3. The van der Waals surface area contributed by atoms with Crippen LogP contribution in [-0.4, -0.2) is 14.5 Å². The molecule has 0 fully saturated rings. The van der Waals surface area contributed by atoms with E-state index in [9.17, 15) is 0 Å². The van der Waals surface area contributed by atoms with Crippen molar-refractivity contribution in [3.05, 3.63) is 66.9 Å². The van der Waals surface area contributed by atoms with Crippen molar-refractivity contribution in [2.24, 2.45) is 0 Å². The van der Waals surface area contributed by atoms with Gasteiger partial charge in [0.25, 0.3) is 0 Å². The average Bonchev–Trinajstić information content (AvgIpc) is 2.94. The zero-order chi connectivity index (χ0) is 13.1. The number of hydrogen-bond donors (Lipinski definition) is 1. The SMILES string of the molecule is Nc1ccc(-c2ccc(Cn3ccnc3)cn2)cc1. The first-order chi connectivity index (χ1) is 9.31. The van der Waals surface area contributed by atoms with Gasteiger partial charge in [-0.1, -0.05) is 18.2 Å². The van der Waals surface area contributed by atoms with E-state index in [0.29, 0.717) is 0 Å². The van der Waals surface area contributed by atoms with Gasteiger partial charge in [-0.25, -0.2) is 4.98 Å².